The number of hydrogen-bond donors (Lipinski definition) is 2. The second kappa shape index (κ2) is 8.53. The van der Waals surface area contributed by atoms with Crippen molar-refractivity contribution in [2.75, 3.05) is 0 Å². The van der Waals surface area contributed by atoms with Gasteiger partial charge in [-0.05, 0) is 44.9 Å². The number of hydrogen-bond acceptors (Lipinski definition) is 2. The average molecular weight is 296 g/mol. The summed E-state index contributed by atoms with van der Waals surface area (Å²) in [4.78, 5) is 0. The zero-order chi connectivity index (χ0) is 15.1. The molecule has 0 amide bonds. The van der Waals surface area contributed by atoms with Crippen LogP contribution >= 0.6 is 0 Å². The third-order valence-electron chi connectivity index (χ3n) is 5.99. The smallest absolute Gasteiger partial charge is 0.0586 e. The van der Waals surface area contributed by atoms with Crippen molar-refractivity contribution in [2.24, 2.45) is 5.92 Å². The van der Waals surface area contributed by atoms with Crippen LogP contribution in [0, 0.1) is 5.92 Å². The van der Waals surface area contributed by atoms with Gasteiger partial charge in [-0.2, -0.15) is 0 Å². The SMILES string of the molecule is CCCCC[C@@H]1CCC[C@]2(CCCC(O)C2CCCC)N1. The highest BCUT2D eigenvalue weighted by Gasteiger charge is 2.46. The van der Waals surface area contributed by atoms with Gasteiger partial charge in [0.1, 0.15) is 0 Å². The van der Waals surface area contributed by atoms with E-state index < -0.39 is 0 Å². The Hall–Kier alpha value is -0.0800. The average Bonchev–Trinajstić information content (AvgIpc) is 2.47. The van der Waals surface area contributed by atoms with E-state index in [-0.39, 0.29) is 11.6 Å². The highest BCUT2D eigenvalue weighted by Crippen LogP contribution is 2.43. The molecule has 124 valence electrons. The van der Waals surface area contributed by atoms with E-state index in [1.54, 1.807) is 0 Å². The first-order chi connectivity index (χ1) is 10.2. The highest BCUT2D eigenvalue weighted by molar-refractivity contribution is 5.04. The van der Waals surface area contributed by atoms with Crippen LogP contribution in [0.15, 0.2) is 0 Å². The van der Waals surface area contributed by atoms with Gasteiger partial charge in [0.2, 0.25) is 0 Å². The Bertz CT molecular complexity index is 289. The summed E-state index contributed by atoms with van der Waals surface area (Å²) in [5.74, 6) is 0.500. The Morgan fingerprint density at radius 3 is 2.38 bits per heavy atom. The first-order valence-corrected chi connectivity index (χ1v) is 9.67. The van der Waals surface area contributed by atoms with Crippen LogP contribution in [-0.2, 0) is 0 Å². The quantitative estimate of drug-likeness (QED) is 0.661. The fraction of sp³-hybridized carbons (Fsp3) is 1.00. The van der Waals surface area contributed by atoms with Crippen molar-refractivity contribution in [1.29, 1.82) is 0 Å². The largest absolute Gasteiger partial charge is 0.393 e. The summed E-state index contributed by atoms with van der Waals surface area (Å²) in [6.45, 7) is 4.55. The van der Waals surface area contributed by atoms with Crippen LogP contribution in [0.3, 0.4) is 0 Å². The molecule has 2 unspecified atom stereocenters. The van der Waals surface area contributed by atoms with Crippen LogP contribution in [-0.4, -0.2) is 22.8 Å². The number of aliphatic hydroxyl groups is 1. The van der Waals surface area contributed by atoms with Gasteiger partial charge < -0.3 is 10.4 Å². The van der Waals surface area contributed by atoms with Crippen LogP contribution < -0.4 is 5.32 Å². The standard InChI is InChI=1S/C19H37NO/c1-3-5-7-10-16-11-8-14-19(20-16)15-9-13-18(21)17(19)12-6-4-2/h16-18,20-21H,3-15H2,1-2H3/t16-,17?,18?,19-/m1/s1. The van der Waals surface area contributed by atoms with Gasteiger partial charge in [0, 0.05) is 17.5 Å². The predicted octanol–water partition coefficient (Wildman–Crippen LogP) is 4.80. The first kappa shape index (κ1) is 17.3. The van der Waals surface area contributed by atoms with Crippen LogP contribution in [0.5, 0.6) is 0 Å². The molecule has 0 bridgehead atoms. The Labute approximate surface area is 132 Å². The molecule has 2 N–H and O–H groups in total. The Morgan fingerprint density at radius 2 is 1.67 bits per heavy atom. The van der Waals surface area contributed by atoms with Crippen LogP contribution in [0.2, 0.25) is 0 Å². The van der Waals surface area contributed by atoms with Crippen molar-refractivity contribution in [3.05, 3.63) is 0 Å². The third-order valence-corrected chi connectivity index (χ3v) is 5.99. The van der Waals surface area contributed by atoms with Crippen molar-refractivity contribution < 1.29 is 5.11 Å². The lowest BCUT2D eigenvalue weighted by Crippen LogP contribution is -2.62. The van der Waals surface area contributed by atoms with E-state index in [9.17, 15) is 5.11 Å². The number of nitrogens with one attached hydrogen (secondary N) is 1. The molecule has 2 fully saturated rings. The minimum atomic E-state index is -0.0628. The van der Waals surface area contributed by atoms with Gasteiger partial charge in [0.25, 0.3) is 0 Å². The summed E-state index contributed by atoms with van der Waals surface area (Å²) in [6, 6.07) is 0.708. The molecule has 1 saturated heterocycles. The van der Waals surface area contributed by atoms with Crippen molar-refractivity contribution in [1.82, 2.24) is 5.32 Å². The Balaban J connectivity index is 1.98. The molecule has 1 spiro atoms. The summed E-state index contributed by atoms with van der Waals surface area (Å²) in [7, 11) is 0. The molecule has 0 radical (unpaired) electrons. The van der Waals surface area contributed by atoms with Crippen molar-refractivity contribution in [3.63, 3.8) is 0 Å². The third kappa shape index (κ3) is 4.45. The molecular weight excluding hydrogens is 258 g/mol. The molecule has 0 aromatic rings. The lowest BCUT2D eigenvalue weighted by atomic mass is 9.64. The van der Waals surface area contributed by atoms with Crippen LogP contribution in [0.4, 0.5) is 0 Å². The minimum absolute atomic E-state index is 0.0628. The van der Waals surface area contributed by atoms with Gasteiger partial charge in [-0.25, -0.2) is 0 Å². The Kier molecular flexibility index (Phi) is 7.01. The summed E-state index contributed by atoms with van der Waals surface area (Å²) in [5.41, 5.74) is 0.266. The highest BCUT2D eigenvalue weighted by atomic mass is 16.3. The number of piperidine rings is 1. The zero-order valence-corrected chi connectivity index (χ0v) is 14.4. The molecule has 21 heavy (non-hydrogen) atoms. The maximum absolute atomic E-state index is 10.6. The number of rotatable bonds is 7. The number of aliphatic hydroxyl groups excluding tert-OH is 1. The molecule has 1 aliphatic heterocycles. The predicted molar refractivity (Wildman–Crippen MR) is 90.5 cm³/mol. The van der Waals surface area contributed by atoms with Gasteiger partial charge in [-0.3, -0.25) is 0 Å². The molecule has 0 aromatic heterocycles. The Morgan fingerprint density at radius 1 is 0.952 bits per heavy atom. The van der Waals surface area contributed by atoms with Crippen LogP contribution in [0.25, 0.3) is 0 Å². The van der Waals surface area contributed by atoms with Crippen molar-refractivity contribution in [3.8, 4) is 0 Å². The van der Waals surface area contributed by atoms with Gasteiger partial charge >= 0.3 is 0 Å². The molecule has 4 atom stereocenters. The molecule has 2 heteroatoms. The summed E-state index contributed by atoms with van der Waals surface area (Å²) in [6.07, 6.45) is 16.6. The van der Waals surface area contributed by atoms with E-state index in [0.29, 0.717) is 12.0 Å². The van der Waals surface area contributed by atoms with Gasteiger partial charge in [0.15, 0.2) is 0 Å². The van der Waals surface area contributed by atoms with Crippen molar-refractivity contribution in [2.45, 2.75) is 115 Å². The summed E-state index contributed by atoms with van der Waals surface area (Å²) < 4.78 is 0. The van der Waals surface area contributed by atoms with Gasteiger partial charge in [-0.15, -0.1) is 0 Å². The van der Waals surface area contributed by atoms with Gasteiger partial charge in [0.05, 0.1) is 6.10 Å². The normalized spacial score (nSPS) is 37.0. The van der Waals surface area contributed by atoms with Gasteiger partial charge in [-0.1, -0.05) is 52.4 Å². The van der Waals surface area contributed by atoms with E-state index in [4.69, 9.17) is 0 Å². The molecule has 0 aromatic carbocycles. The molecule has 2 rings (SSSR count). The molecule has 2 nitrogen and oxygen atoms in total. The van der Waals surface area contributed by atoms with E-state index in [1.807, 2.05) is 0 Å². The summed E-state index contributed by atoms with van der Waals surface area (Å²) >= 11 is 0. The van der Waals surface area contributed by atoms with Crippen LogP contribution in [0.1, 0.15) is 97.3 Å². The number of unbranched alkanes of at least 4 members (excludes halogenated alkanes) is 3. The maximum Gasteiger partial charge on any atom is 0.0586 e. The van der Waals surface area contributed by atoms with E-state index in [1.165, 1.54) is 77.0 Å². The molecule has 2 aliphatic rings. The maximum atomic E-state index is 10.6. The van der Waals surface area contributed by atoms with E-state index in [0.717, 1.165) is 6.42 Å². The van der Waals surface area contributed by atoms with E-state index in [2.05, 4.69) is 19.2 Å². The summed E-state index contributed by atoms with van der Waals surface area (Å²) in [5, 5.41) is 14.6. The molecule has 1 heterocycles. The first-order valence-electron chi connectivity index (χ1n) is 9.67. The molecular formula is C19H37NO. The fourth-order valence-corrected chi connectivity index (χ4v) is 4.84. The monoisotopic (exact) mass is 295 g/mol. The van der Waals surface area contributed by atoms with E-state index >= 15 is 0 Å². The second-order valence-corrected chi connectivity index (χ2v) is 7.59. The zero-order valence-electron chi connectivity index (χ0n) is 14.4. The lowest BCUT2D eigenvalue weighted by Gasteiger charge is -2.52. The molecule has 1 saturated carbocycles. The minimum Gasteiger partial charge on any atom is -0.393 e. The lowest BCUT2D eigenvalue weighted by molar-refractivity contribution is -0.0257. The fourth-order valence-electron chi connectivity index (χ4n) is 4.84. The van der Waals surface area contributed by atoms with Crippen molar-refractivity contribution >= 4 is 0 Å². The second-order valence-electron chi connectivity index (χ2n) is 7.59. The topological polar surface area (TPSA) is 32.3 Å². The molecule has 1 aliphatic carbocycles.